The smallest absolute Gasteiger partial charge is 0.244 e. The topological polar surface area (TPSA) is 85.3 Å². The summed E-state index contributed by atoms with van der Waals surface area (Å²) in [5.74, 6) is 0.922. The Hall–Kier alpha value is -4.05. The number of hydrogen-bond acceptors (Lipinski definition) is 7. The van der Waals surface area contributed by atoms with Crippen LogP contribution in [0.1, 0.15) is 5.69 Å². The molecule has 37 heavy (non-hydrogen) atoms. The van der Waals surface area contributed by atoms with Crippen molar-refractivity contribution in [1.82, 2.24) is 9.47 Å². The molecule has 0 radical (unpaired) electrons. The number of amides is 1. The predicted octanol–water partition coefficient (Wildman–Crippen LogP) is 2.73. The van der Waals surface area contributed by atoms with Gasteiger partial charge in [0.15, 0.2) is 17.2 Å². The fraction of sp³-hybridized carbons (Fsp3) is 0.333. The number of benzene rings is 2. The zero-order valence-corrected chi connectivity index (χ0v) is 20.6. The van der Waals surface area contributed by atoms with Gasteiger partial charge in [0.25, 0.3) is 0 Å². The lowest BCUT2D eigenvalue weighted by Gasteiger charge is -2.36. The molecule has 0 saturated carbocycles. The molecule has 1 amide bonds. The van der Waals surface area contributed by atoms with E-state index < -0.39 is 0 Å². The van der Waals surface area contributed by atoms with Crippen molar-refractivity contribution < 1.29 is 23.4 Å². The van der Waals surface area contributed by atoms with Gasteiger partial charge in [-0.3, -0.25) is 14.5 Å². The second-order valence-electron chi connectivity index (χ2n) is 8.97. The van der Waals surface area contributed by atoms with Crippen molar-refractivity contribution in [2.24, 2.45) is 0 Å². The molecular formula is C27H29FN4O5. The Balaban J connectivity index is 1.26. The molecule has 0 unspecified atom stereocenters. The van der Waals surface area contributed by atoms with Crippen molar-refractivity contribution in [3.05, 3.63) is 76.5 Å². The van der Waals surface area contributed by atoms with Gasteiger partial charge in [-0.25, -0.2) is 4.39 Å². The third kappa shape index (κ3) is 5.86. The first-order valence-corrected chi connectivity index (χ1v) is 12.2. The van der Waals surface area contributed by atoms with Crippen molar-refractivity contribution in [1.29, 1.82) is 0 Å². The number of hydrogen-bond donors (Lipinski definition) is 1. The molecule has 2 aliphatic heterocycles. The highest BCUT2D eigenvalue weighted by Crippen LogP contribution is 2.32. The van der Waals surface area contributed by atoms with Crippen LogP contribution in [0.25, 0.3) is 0 Å². The second-order valence-corrected chi connectivity index (χ2v) is 8.97. The van der Waals surface area contributed by atoms with Gasteiger partial charge in [0, 0.05) is 61.9 Å². The number of fused-ring (bicyclic) bond motifs is 1. The lowest BCUT2D eigenvalue weighted by Crippen LogP contribution is -2.46. The maximum atomic E-state index is 13.3. The molecule has 0 spiro atoms. The molecule has 1 aromatic heterocycles. The highest BCUT2D eigenvalue weighted by atomic mass is 19.1. The Labute approximate surface area is 214 Å². The Kier molecular flexibility index (Phi) is 7.27. The summed E-state index contributed by atoms with van der Waals surface area (Å²) in [7, 11) is 1.44. The summed E-state index contributed by atoms with van der Waals surface area (Å²) in [6.07, 6.45) is 1.58. The zero-order valence-electron chi connectivity index (χ0n) is 20.6. The summed E-state index contributed by atoms with van der Waals surface area (Å²) >= 11 is 0. The minimum Gasteiger partial charge on any atom is -0.491 e. The first kappa shape index (κ1) is 24.6. The molecule has 10 heteroatoms. The normalized spacial score (nSPS) is 15.4. The summed E-state index contributed by atoms with van der Waals surface area (Å²) in [6, 6.07) is 13.3. The quantitative estimate of drug-likeness (QED) is 0.525. The molecule has 9 nitrogen and oxygen atoms in total. The second kappa shape index (κ2) is 10.9. The van der Waals surface area contributed by atoms with E-state index >= 15 is 0 Å². The fourth-order valence-electron chi connectivity index (χ4n) is 4.55. The molecule has 1 fully saturated rings. The highest BCUT2D eigenvalue weighted by Gasteiger charge is 2.20. The Morgan fingerprint density at radius 2 is 1.73 bits per heavy atom. The highest BCUT2D eigenvalue weighted by molar-refractivity contribution is 5.91. The van der Waals surface area contributed by atoms with E-state index in [9.17, 15) is 14.0 Å². The molecule has 0 atom stereocenters. The van der Waals surface area contributed by atoms with Crippen molar-refractivity contribution >= 4 is 17.3 Å². The molecule has 1 saturated heterocycles. The summed E-state index contributed by atoms with van der Waals surface area (Å²) in [6.45, 7) is 4.55. The number of methoxy groups -OCH3 is 1. The van der Waals surface area contributed by atoms with Gasteiger partial charge in [-0.2, -0.15) is 0 Å². The Morgan fingerprint density at radius 1 is 1.00 bits per heavy atom. The van der Waals surface area contributed by atoms with Crippen LogP contribution in [-0.4, -0.2) is 61.9 Å². The van der Waals surface area contributed by atoms with Crippen LogP contribution in [0.3, 0.4) is 0 Å². The molecule has 2 aromatic carbocycles. The van der Waals surface area contributed by atoms with Crippen LogP contribution in [0.15, 0.2) is 59.5 Å². The molecule has 2 aliphatic rings. The van der Waals surface area contributed by atoms with Gasteiger partial charge in [0.1, 0.15) is 25.6 Å². The number of carbonyl (C=O) groups is 1. The van der Waals surface area contributed by atoms with E-state index in [1.54, 1.807) is 41.1 Å². The Morgan fingerprint density at radius 3 is 2.46 bits per heavy atom. The number of ether oxygens (including phenoxy) is 3. The minimum atomic E-state index is -0.252. The summed E-state index contributed by atoms with van der Waals surface area (Å²) in [5, 5.41) is 2.89. The third-order valence-electron chi connectivity index (χ3n) is 6.49. The van der Waals surface area contributed by atoms with Crippen molar-refractivity contribution in [3.8, 4) is 17.2 Å². The number of aromatic nitrogens is 1. The molecule has 194 valence electrons. The number of rotatable bonds is 7. The average Bonchev–Trinajstić information content (AvgIpc) is 2.91. The first-order valence-electron chi connectivity index (χ1n) is 12.2. The maximum absolute atomic E-state index is 13.3. The number of nitrogens with zero attached hydrogens (tertiary/aromatic N) is 3. The number of piperazine rings is 1. The molecular weight excluding hydrogens is 479 g/mol. The van der Waals surface area contributed by atoms with Gasteiger partial charge in [-0.15, -0.1) is 0 Å². The van der Waals surface area contributed by atoms with Crippen LogP contribution in [0, 0.1) is 5.82 Å². The van der Waals surface area contributed by atoms with Gasteiger partial charge < -0.3 is 29.0 Å². The van der Waals surface area contributed by atoms with E-state index in [0.717, 1.165) is 37.6 Å². The fourth-order valence-corrected chi connectivity index (χ4v) is 4.55. The average molecular weight is 509 g/mol. The summed E-state index contributed by atoms with van der Waals surface area (Å²) < 4.78 is 31.4. The zero-order chi connectivity index (χ0) is 25.8. The maximum Gasteiger partial charge on any atom is 0.244 e. The van der Waals surface area contributed by atoms with Crippen LogP contribution in [0.5, 0.6) is 17.2 Å². The minimum absolute atomic E-state index is 0.00988. The van der Waals surface area contributed by atoms with E-state index in [1.165, 1.54) is 25.3 Å². The van der Waals surface area contributed by atoms with Crippen molar-refractivity contribution in [2.45, 2.75) is 13.1 Å². The number of carbonyl (C=O) groups excluding carboxylic acids is 1. The monoisotopic (exact) mass is 508 g/mol. The number of nitrogens with one attached hydrogen (secondary N) is 1. The largest absolute Gasteiger partial charge is 0.491 e. The standard InChI is InChI=1S/C27H29FN4O5/c1-35-26-17-32(18-27(34)29-20-4-7-24-25(14-20)37-13-12-36-24)22(15-23(26)33)16-30-8-10-31(11-9-30)21-5-2-19(28)3-6-21/h2-7,14-15,17H,8-13,16,18H2,1H3,(H,29,34). The summed E-state index contributed by atoms with van der Waals surface area (Å²) in [5.41, 5.74) is 2.07. The Bertz CT molecular complexity index is 1320. The van der Waals surface area contributed by atoms with Gasteiger partial charge in [-0.05, 0) is 36.4 Å². The van der Waals surface area contributed by atoms with Gasteiger partial charge in [0.2, 0.25) is 11.3 Å². The lowest BCUT2D eigenvalue weighted by atomic mass is 10.2. The molecule has 5 rings (SSSR count). The van der Waals surface area contributed by atoms with Crippen molar-refractivity contribution in [2.75, 3.05) is 56.7 Å². The van der Waals surface area contributed by atoms with Gasteiger partial charge >= 0.3 is 0 Å². The molecule has 3 heterocycles. The van der Waals surface area contributed by atoms with Crippen molar-refractivity contribution in [3.63, 3.8) is 0 Å². The summed E-state index contributed by atoms with van der Waals surface area (Å²) in [4.78, 5) is 29.9. The van der Waals surface area contributed by atoms with E-state index in [1.807, 2.05) is 0 Å². The predicted molar refractivity (Wildman–Crippen MR) is 137 cm³/mol. The molecule has 1 N–H and O–H groups in total. The SMILES string of the molecule is COc1cn(CC(=O)Nc2ccc3c(c2)OCCO3)c(CN2CCN(c3ccc(F)cc3)CC2)cc1=O. The van der Waals surface area contributed by atoms with E-state index in [0.29, 0.717) is 36.9 Å². The first-order chi connectivity index (χ1) is 18.0. The van der Waals surface area contributed by atoms with E-state index in [-0.39, 0.29) is 29.4 Å². The molecule has 0 aliphatic carbocycles. The number of anilines is 2. The van der Waals surface area contributed by atoms with Crippen LogP contribution in [0.2, 0.25) is 0 Å². The number of halogens is 1. The van der Waals surface area contributed by atoms with Crippen LogP contribution in [0.4, 0.5) is 15.8 Å². The van der Waals surface area contributed by atoms with Crippen LogP contribution >= 0.6 is 0 Å². The molecule has 3 aromatic rings. The van der Waals surface area contributed by atoms with E-state index in [4.69, 9.17) is 14.2 Å². The van der Waals surface area contributed by atoms with Crippen LogP contribution < -0.4 is 29.9 Å². The van der Waals surface area contributed by atoms with Gasteiger partial charge in [0.05, 0.1) is 13.3 Å². The molecule has 0 bridgehead atoms. The van der Waals surface area contributed by atoms with Gasteiger partial charge in [-0.1, -0.05) is 0 Å². The van der Waals surface area contributed by atoms with Crippen LogP contribution in [-0.2, 0) is 17.9 Å². The third-order valence-corrected chi connectivity index (χ3v) is 6.49. The van der Waals surface area contributed by atoms with E-state index in [2.05, 4.69) is 15.1 Å². The lowest BCUT2D eigenvalue weighted by molar-refractivity contribution is -0.116. The number of pyridine rings is 1.